The zero-order chi connectivity index (χ0) is 18.2. The third kappa shape index (κ3) is 6.80. The number of hydrogen-bond donors (Lipinski definition) is 3. The van der Waals surface area contributed by atoms with Crippen molar-refractivity contribution in [2.45, 2.75) is 34.2 Å². The van der Waals surface area contributed by atoms with E-state index in [0.717, 1.165) is 28.9 Å². The van der Waals surface area contributed by atoms with Crippen LogP contribution in [0.1, 0.15) is 37.9 Å². The fraction of sp³-hybridized carbons (Fsp3) is 0.500. The smallest absolute Gasteiger partial charge is 0.263 e. The Balaban J connectivity index is 0.00000338. The number of thiazole rings is 2. The van der Waals surface area contributed by atoms with Gasteiger partial charge in [-0.1, -0.05) is 0 Å². The molecule has 0 fully saturated rings. The summed E-state index contributed by atoms with van der Waals surface area (Å²) >= 11 is 3.03. The van der Waals surface area contributed by atoms with E-state index in [4.69, 9.17) is 0 Å². The molecule has 0 saturated heterocycles. The highest BCUT2D eigenvalue weighted by Crippen LogP contribution is 2.17. The minimum atomic E-state index is -0.0838. The van der Waals surface area contributed by atoms with E-state index in [0.29, 0.717) is 24.5 Å². The predicted octanol–water partition coefficient (Wildman–Crippen LogP) is 2.63. The fourth-order valence-electron chi connectivity index (χ4n) is 2.17. The van der Waals surface area contributed by atoms with Crippen LogP contribution < -0.4 is 16.0 Å². The number of aryl methyl sites for hydroxylation is 3. The van der Waals surface area contributed by atoms with Crippen LogP contribution in [0.5, 0.6) is 0 Å². The molecule has 0 aliphatic heterocycles. The highest BCUT2D eigenvalue weighted by Gasteiger charge is 2.10. The molecule has 0 spiro atoms. The SMILES string of the molecule is CCNC(=NCc1sc(C)nc1C)NCCNC(=O)c1scnc1C.I. The molecule has 2 aromatic rings. The largest absolute Gasteiger partial charge is 0.357 e. The van der Waals surface area contributed by atoms with Crippen LogP contribution in [0.25, 0.3) is 0 Å². The van der Waals surface area contributed by atoms with Gasteiger partial charge in [0.15, 0.2) is 5.96 Å². The van der Waals surface area contributed by atoms with Crippen molar-refractivity contribution in [1.82, 2.24) is 25.9 Å². The monoisotopic (exact) mass is 508 g/mol. The summed E-state index contributed by atoms with van der Waals surface area (Å²) in [6.45, 7) is 10.3. The summed E-state index contributed by atoms with van der Waals surface area (Å²) < 4.78 is 0. The lowest BCUT2D eigenvalue weighted by atomic mass is 10.4. The van der Waals surface area contributed by atoms with Gasteiger partial charge in [-0.2, -0.15) is 0 Å². The number of aliphatic imine (C=N–C) groups is 1. The summed E-state index contributed by atoms with van der Waals surface area (Å²) in [5, 5.41) is 10.4. The quantitative estimate of drug-likeness (QED) is 0.232. The van der Waals surface area contributed by atoms with Crippen LogP contribution in [0, 0.1) is 20.8 Å². The van der Waals surface area contributed by atoms with Gasteiger partial charge in [-0.3, -0.25) is 4.79 Å². The third-order valence-electron chi connectivity index (χ3n) is 3.38. The molecule has 0 atom stereocenters. The first-order valence-electron chi connectivity index (χ1n) is 8.14. The first kappa shape index (κ1) is 22.8. The first-order valence-corrected chi connectivity index (χ1v) is 9.84. The van der Waals surface area contributed by atoms with Crippen LogP contribution in [0.4, 0.5) is 0 Å². The molecule has 3 N–H and O–H groups in total. The molecule has 26 heavy (non-hydrogen) atoms. The summed E-state index contributed by atoms with van der Waals surface area (Å²) in [6, 6.07) is 0. The van der Waals surface area contributed by atoms with Crippen molar-refractivity contribution in [3.63, 3.8) is 0 Å². The zero-order valence-corrected chi connectivity index (χ0v) is 19.3. The molecule has 0 aliphatic rings. The molecule has 0 bridgehead atoms. The number of aromatic nitrogens is 2. The number of halogens is 1. The Kier molecular flexibility index (Phi) is 10.0. The number of nitrogens with zero attached hydrogens (tertiary/aromatic N) is 3. The molecule has 0 unspecified atom stereocenters. The van der Waals surface area contributed by atoms with Crippen molar-refractivity contribution >= 4 is 58.5 Å². The van der Waals surface area contributed by atoms with Gasteiger partial charge in [0.1, 0.15) is 4.88 Å². The second kappa shape index (κ2) is 11.4. The van der Waals surface area contributed by atoms with E-state index in [1.54, 1.807) is 16.8 Å². The normalized spacial score (nSPS) is 11.0. The van der Waals surface area contributed by atoms with Gasteiger partial charge in [-0.25, -0.2) is 15.0 Å². The zero-order valence-electron chi connectivity index (χ0n) is 15.4. The molecule has 1 amide bonds. The topological polar surface area (TPSA) is 91.3 Å². The van der Waals surface area contributed by atoms with Gasteiger partial charge >= 0.3 is 0 Å². The van der Waals surface area contributed by atoms with Gasteiger partial charge < -0.3 is 16.0 Å². The Labute approximate surface area is 179 Å². The van der Waals surface area contributed by atoms with E-state index >= 15 is 0 Å². The second-order valence-electron chi connectivity index (χ2n) is 5.39. The van der Waals surface area contributed by atoms with Gasteiger partial charge in [-0.15, -0.1) is 46.7 Å². The number of carbonyl (C=O) groups excluding carboxylic acids is 1. The maximum Gasteiger partial charge on any atom is 0.263 e. The molecular weight excluding hydrogens is 483 g/mol. The van der Waals surface area contributed by atoms with Crippen LogP contribution >= 0.6 is 46.7 Å². The van der Waals surface area contributed by atoms with E-state index in [-0.39, 0.29) is 29.9 Å². The van der Waals surface area contributed by atoms with Crippen LogP contribution in [0.3, 0.4) is 0 Å². The van der Waals surface area contributed by atoms with Crippen molar-refractivity contribution in [2.24, 2.45) is 4.99 Å². The Hall–Kier alpha value is -1.27. The first-order chi connectivity index (χ1) is 12.0. The maximum absolute atomic E-state index is 12.0. The van der Waals surface area contributed by atoms with Crippen molar-refractivity contribution in [3.8, 4) is 0 Å². The maximum atomic E-state index is 12.0. The molecule has 0 aliphatic carbocycles. The van der Waals surface area contributed by atoms with Gasteiger partial charge in [0.25, 0.3) is 5.91 Å². The molecule has 7 nitrogen and oxygen atoms in total. The number of nitrogens with one attached hydrogen (secondary N) is 3. The highest BCUT2D eigenvalue weighted by atomic mass is 127. The highest BCUT2D eigenvalue weighted by molar-refractivity contribution is 14.0. The van der Waals surface area contributed by atoms with Gasteiger partial charge in [0.05, 0.1) is 28.5 Å². The summed E-state index contributed by atoms with van der Waals surface area (Å²) in [7, 11) is 0. The lowest BCUT2D eigenvalue weighted by Gasteiger charge is -2.11. The van der Waals surface area contributed by atoms with Crippen LogP contribution in [0.2, 0.25) is 0 Å². The standard InChI is InChI=1S/C16H24N6OS2.HI/c1-5-17-16(20-8-13-10(2)22-12(4)25-13)19-7-6-18-15(23)14-11(3)21-9-24-14;/h9H,5-8H2,1-4H3,(H,18,23)(H2,17,19,20);1H. The molecular formula is C16H25IN6OS2. The Morgan fingerprint density at radius 1 is 1.15 bits per heavy atom. The molecule has 0 radical (unpaired) electrons. The van der Waals surface area contributed by atoms with E-state index in [1.165, 1.54) is 16.2 Å². The van der Waals surface area contributed by atoms with E-state index in [2.05, 4.69) is 30.9 Å². The van der Waals surface area contributed by atoms with E-state index in [9.17, 15) is 4.79 Å². The van der Waals surface area contributed by atoms with E-state index in [1.807, 2.05) is 27.7 Å². The van der Waals surface area contributed by atoms with Crippen LogP contribution in [0.15, 0.2) is 10.5 Å². The second-order valence-corrected chi connectivity index (χ2v) is 7.53. The number of guanidine groups is 1. The molecule has 0 saturated carbocycles. The average molecular weight is 508 g/mol. The number of rotatable bonds is 7. The minimum absolute atomic E-state index is 0. The van der Waals surface area contributed by atoms with E-state index < -0.39 is 0 Å². The van der Waals surface area contributed by atoms with Gasteiger partial charge in [0.2, 0.25) is 0 Å². The molecule has 2 heterocycles. The number of hydrogen-bond acceptors (Lipinski definition) is 6. The molecule has 2 aromatic heterocycles. The summed E-state index contributed by atoms with van der Waals surface area (Å²) in [5.74, 6) is 0.649. The van der Waals surface area contributed by atoms with Crippen molar-refractivity contribution < 1.29 is 4.79 Å². The summed E-state index contributed by atoms with van der Waals surface area (Å²) in [5.41, 5.74) is 3.48. The summed E-state index contributed by atoms with van der Waals surface area (Å²) in [6.07, 6.45) is 0. The molecule has 2 rings (SSSR count). The molecule has 0 aromatic carbocycles. The fourth-order valence-corrected chi connectivity index (χ4v) is 3.75. The van der Waals surface area contributed by atoms with Gasteiger partial charge in [0, 0.05) is 24.5 Å². The van der Waals surface area contributed by atoms with Crippen molar-refractivity contribution in [2.75, 3.05) is 19.6 Å². The summed E-state index contributed by atoms with van der Waals surface area (Å²) in [4.78, 5) is 27.0. The lowest BCUT2D eigenvalue weighted by molar-refractivity contribution is 0.0957. The number of carbonyl (C=O) groups is 1. The Bertz CT molecular complexity index is 743. The van der Waals surface area contributed by atoms with Crippen molar-refractivity contribution in [3.05, 3.63) is 31.7 Å². The average Bonchev–Trinajstić information content (AvgIpc) is 3.13. The predicted molar refractivity (Wildman–Crippen MR) is 119 cm³/mol. The minimum Gasteiger partial charge on any atom is -0.357 e. The van der Waals surface area contributed by atoms with Crippen LogP contribution in [-0.2, 0) is 6.54 Å². The number of amides is 1. The van der Waals surface area contributed by atoms with Crippen molar-refractivity contribution in [1.29, 1.82) is 0 Å². The molecule has 144 valence electrons. The Morgan fingerprint density at radius 2 is 1.88 bits per heavy atom. The van der Waals surface area contributed by atoms with Gasteiger partial charge in [-0.05, 0) is 27.7 Å². The molecule has 10 heteroatoms. The Morgan fingerprint density at radius 3 is 2.46 bits per heavy atom. The van der Waals surface area contributed by atoms with Crippen LogP contribution in [-0.4, -0.2) is 41.5 Å². The third-order valence-corrected chi connectivity index (χ3v) is 5.36. The lowest BCUT2D eigenvalue weighted by Crippen LogP contribution is -2.41.